The van der Waals surface area contributed by atoms with E-state index in [4.69, 9.17) is 0 Å². The Morgan fingerprint density at radius 2 is 1.57 bits per heavy atom. The highest BCUT2D eigenvalue weighted by Gasteiger charge is 2.26. The van der Waals surface area contributed by atoms with E-state index in [0.717, 1.165) is 70.3 Å². The second-order valence-corrected chi connectivity index (χ2v) is 9.44. The Labute approximate surface area is 232 Å². The number of aryl methyl sites for hydroxylation is 1. The zero-order valence-corrected chi connectivity index (χ0v) is 24.5. The normalized spacial score (nSPS) is 14.7. The Kier molecular flexibility index (Phi) is 15.6. The first-order chi connectivity index (χ1) is 16.1. The first kappa shape index (κ1) is 31.7. The van der Waals surface area contributed by atoms with Crippen LogP contribution in [0, 0.1) is 0 Å². The van der Waals surface area contributed by atoms with Gasteiger partial charge in [0.25, 0.3) is 0 Å². The molecule has 7 heteroatoms. The lowest BCUT2D eigenvalue weighted by Gasteiger charge is -2.35. The van der Waals surface area contributed by atoms with Gasteiger partial charge in [0.05, 0.1) is 0 Å². The van der Waals surface area contributed by atoms with Gasteiger partial charge in [-0.3, -0.25) is 0 Å². The first-order valence-electron chi connectivity index (χ1n) is 12.8. The van der Waals surface area contributed by atoms with E-state index in [-0.39, 0.29) is 45.5 Å². The van der Waals surface area contributed by atoms with E-state index in [0.29, 0.717) is 11.8 Å². The molecule has 5 nitrogen and oxygen atoms in total. The molecule has 0 aliphatic heterocycles. The number of hydrogen-bond acceptors (Lipinski definition) is 5. The van der Waals surface area contributed by atoms with Gasteiger partial charge < -0.3 is 25.5 Å². The van der Waals surface area contributed by atoms with Gasteiger partial charge in [0.2, 0.25) is 0 Å². The lowest BCUT2D eigenvalue weighted by molar-refractivity contribution is 0.175. The average molecular weight is 616 g/mol. The molecule has 0 heterocycles. The summed E-state index contributed by atoms with van der Waals surface area (Å²) in [6, 6.07) is 11.7. The number of hydrogen-bond donors (Lipinski definition) is 4. The number of phenols is 3. The predicted molar refractivity (Wildman–Crippen MR) is 156 cm³/mol. The van der Waals surface area contributed by atoms with Crippen LogP contribution >= 0.6 is 34.0 Å². The van der Waals surface area contributed by atoms with Crippen LogP contribution in [-0.2, 0) is 19.3 Å². The molecule has 0 amide bonds. The average Bonchev–Trinajstić information content (AvgIpc) is 2.83. The molecule has 0 radical (unpaired) electrons. The number of halogens is 2. The van der Waals surface area contributed by atoms with Gasteiger partial charge in [-0.2, -0.15) is 0 Å². The van der Waals surface area contributed by atoms with E-state index in [1.807, 2.05) is 18.2 Å². The van der Waals surface area contributed by atoms with Crippen LogP contribution in [0.25, 0.3) is 0 Å². The van der Waals surface area contributed by atoms with Gasteiger partial charge in [-0.1, -0.05) is 38.0 Å². The van der Waals surface area contributed by atoms with Crippen LogP contribution < -0.4 is 5.32 Å². The van der Waals surface area contributed by atoms with Crippen molar-refractivity contribution in [1.29, 1.82) is 0 Å². The van der Waals surface area contributed by atoms with Crippen LogP contribution in [0.2, 0.25) is 0 Å². The van der Waals surface area contributed by atoms with E-state index in [1.54, 1.807) is 18.2 Å². The summed E-state index contributed by atoms with van der Waals surface area (Å²) < 4.78 is 0. The summed E-state index contributed by atoms with van der Waals surface area (Å²) in [5.41, 5.74) is 3.42. The number of benzene rings is 2. The fourth-order valence-electron chi connectivity index (χ4n) is 5.00. The Morgan fingerprint density at radius 1 is 0.857 bits per heavy atom. The highest BCUT2D eigenvalue weighted by molar-refractivity contribution is 8.93. The minimum atomic E-state index is 0. The lowest BCUT2D eigenvalue weighted by atomic mass is 9.86. The third kappa shape index (κ3) is 10.3. The Balaban J connectivity index is 0.00000306. The molecule has 0 bridgehead atoms. The summed E-state index contributed by atoms with van der Waals surface area (Å²) in [6.07, 6.45) is 11.2. The van der Waals surface area contributed by atoms with E-state index < -0.39 is 0 Å². The van der Waals surface area contributed by atoms with Crippen molar-refractivity contribution in [2.75, 3.05) is 26.2 Å². The number of aromatic hydroxyl groups is 3. The monoisotopic (exact) mass is 614 g/mol. The van der Waals surface area contributed by atoms with Gasteiger partial charge in [0.1, 0.15) is 5.75 Å². The fourth-order valence-corrected chi connectivity index (χ4v) is 5.00. The molecular weight excluding hydrogens is 572 g/mol. The largest absolute Gasteiger partial charge is 0.508 e. The molecule has 4 N–H and O–H groups in total. The Morgan fingerprint density at radius 3 is 2.31 bits per heavy atom. The SMILES string of the molecule is Br.Br.CCCN(CCCCCCNCCCc1ccc(O)cc1)[C@H]1CCc2c(ccc(O)c2O)C1. The zero-order chi connectivity index (χ0) is 23.5. The van der Waals surface area contributed by atoms with Crippen LogP contribution in [0.4, 0.5) is 0 Å². The van der Waals surface area contributed by atoms with Gasteiger partial charge in [0.15, 0.2) is 11.5 Å². The molecule has 35 heavy (non-hydrogen) atoms. The van der Waals surface area contributed by atoms with Crippen LogP contribution in [0.1, 0.15) is 68.6 Å². The summed E-state index contributed by atoms with van der Waals surface area (Å²) in [7, 11) is 0. The van der Waals surface area contributed by atoms with Crippen molar-refractivity contribution in [1.82, 2.24) is 10.2 Å². The lowest BCUT2D eigenvalue weighted by Crippen LogP contribution is -2.40. The highest BCUT2D eigenvalue weighted by atomic mass is 79.9. The molecular formula is C28H44Br2N2O3. The molecule has 198 valence electrons. The minimum absolute atomic E-state index is 0. The van der Waals surface area contributed by atoms with Crippen molar-refractivity contribution < 1.29 is 15.3 Å². The summed E-state index contributed by atoms with van der Waals surface area (Å²) in [4.78, 5) is 2.65. The van der Waals surface area contributed by atoms with Gasteiger partial charge in [0, 0.05) is 11.6 Å². The van der Waals surface area contributed by atoms with Crippen molar-refractivity contribution in [2.24, 2.45) is 0 Å². The summed E-state index contributed by atoms with van der Waals surface area (Å²) >= 11 is 0. The van der Waals surface area contributed by atoms with Crippen molar-refractivity contribution in [3.05, 3.63) is 53.1 Å². The molecule has 2 aromatic rings. The second kappa shape index (κ2) is 17.2. The molecule has 3 rings (SSSR count). The van der Waals surface area contributed by atoms with Gasteiger partial charge >= 0.3 is 0 Å². The van der Waals surface area contributed by atoms with Crippen LogP contribution in [0.15, 0.2) is 36.4 Å². The predicted octanol–water partition coefficient (Wildman–Crippen LogP) is 6.31. The van der Waals surface area contributed by atoms with E-state index in [9.17, 15) is 15.3 Å². The first-order valence-corrected chi connectivity index (χ1v) is 12.8. The number of nitrogens with one attached hydrogen (secondary N) is 1. The number of unbranched alkanes of at least 4 members (excludes halogenated alkanes) is 3. The van der Waals surface area contributed by atoms with Crippen molar-refractivity contribution >= 4 is 34.0 Å². The quantitative estimate of drug-likeness (QED) is 0.148. The zero-order valence-electron chi connectivity index (χ0n) is 21.0. The molecule has 0 fully saturated rings. The molecule has 0 spiro atoms. The standard InChI is InChI=1S/C28H42N2O3.2BrH/c1-2-19-30(24-12-15-26-23(21-24)11-16-27(32)28(26)33)20-6-4-3-5-17-29-18-7-8-22-9-13-25(31)14-10-22;;/h9-11,13-14,16,24,29,31-33H,2-8,12,15,17-21H2,1H3;2*1H/t24-;;/m0../s1. The van der Waals surface area contributed by atoms with Crippen LogP contribution in [0.3, 0.4) is 0 Å². The summed E-state index contributed by atoms with van der Waals surface area (Å²) in [6.45, 7) is 6.66. The molecule has 1 aliphatic rings. The summed E-state index contributed by atoms with van der Waals surface area (Å²) in [5, 5.41) is 32.8. The second-order valence-electron chi connectivity index (χ2n) is 9.44. The van der Waals surface area contributed by atoms with Gasteiger partial charge in [-0.15, -0.1) is 34.0 Å². The van der Waals surface area contributed by atoms with E-state index >= 15 is 0 Å². The van der Waals surface area contributed by atoms with Crippen LogP contribution in [-0.4, -0.2) is 52.4 Å². The summed E-state index contributed by atoms with van der Waals surface area (Å²) in [5.74, 6) is 0.423. The van der Waals surface area contributed by atoms with E-state index in [2.05, 4.69) is 17.1 Å². The number of nitrogens with zero attached hydrogens (tertiary/aromatic N) is 1. The molecule has 0 saturated heterocycles. The highest BCUT2D eigenvalue weighted by Crippen LogP contribution is 2.36. The van der Waals surface area contributed by atoms with Crippen LogP contribution in [0.5, 0.6) is 17.2 Å². The minimum Gasteiger partial charge on any atom is -0.508 e. The smallest absolute Gasteiger partial charge is 0.160 e. The topological polar surface area (TPSA) is 76.0 Å². The number of phenolic OH excluding ortho intramolecular Hbond substituents is 3. The van der Waals surface area contributed by atoms with Gasteiger partial charge in [-0.05, 0) is 107 Å². The Bertz CT molecular complexity index is 849. The molecule has 0 saturated carbocycles. The third-order valence-electron chi connectivity index (χ3n) is 6.87. The number of rotatable bonds is 14. The fraction of sp³-hybridized carbons (Fsp3) is 0.571. The maximum Gasteiger partial charge on any atom is 0.160 e. The molecule has 0 aromatic heterocycles. The van der Waals surface area contributed by atoms with Gasteiger partial charge in [-0.25, -0.2) is 0 Å². The third-order valence-corrected chi connectivity index (χ3v) is 6.87. The molecule has 0 unspecified atom stereocenters. The Hall–Kier alpha value is -1.28. The van der Waals surface area contributed by atoms with Crippen molar-refractivity contribution in [3.8, 4) is 17.2 Å². The van der Waals surface area contributed by atoms with Crippen molar-refractivity contribution in [3.63, 3.8) is 0 Å². The maximum absolute atomic E-state index is 10.1. The van der Waals surface area contributed by atoms with Crippen molar-refractivity contribution in [2.45, 2.75) is 77.2 Å². The number of fused-ring (bicyclic) bond motifs is 1. The molecule has 2 aromatic carbocycles. The molecule has 1 atom stereocenters. The maximum atomic E-state index is 10.1. The van der Waals surface area contributed by atoms with E-state index in [1.165, 1.54) is 36.8 Å². The molecule has 1 aliphatic carbocycles.